The molecule has 0 amide bonds. The van der Waals surface area contributed by atoms with Gasteiger partial charge in [-0.2, -0.15) is 36.7 Å². The van der Waals surface area contributed by atoms with Crippen molar-refractivity contribution in [2.75, 3.05) is 0 Å². The van der Waals surface area contributed by atoms with Gasteiger partial charge in [0.25, 0.3) is 0 Å². The van der Waals surface area contributed by atoms with Crippen LogP contribution in [-0.2, 0) is 23.2 Å². The van der Waals surface area contributed by atoms with Crippen LogP contribution in [0.15, 0.2) is 12.1 Å². The minimum absolute atomic E-state index is 0. The predicted octanol–water partition coefficient (Wildman–Crippen LogP) is 4.36. The number of aromatic nitrogens is 3. The van der Waals surface area contributed by atoms with E-state index in [0.717, 1.165) is 6.92 Å². The first-order valence-corrected chi connectivity index (χ1v) is 7.85. The maximum absolute atomic E-state index is 14.2. The standard InChI is InChI=1S/C17H6F9N3O2.Mn/c1-4-8(15(30)5-2-6(18)27-7(19)3-5)16(31)29(28-4)14-12(22)10(20)9(17(24,25)26)11(21)13(14)23;/h2-3,31H,1H3;. The normalized spacial score (nSPS) is 11.4. The fourth-order valence-corrected chi connectivity index (χ4v) is 2.73. The summed E-state index contributed by atoms with van der Waals surface area (Å²) in [6.07, 6.45) is -5.80. The molecule has 0 spiro atoms. The molecule has 0 saturated carbocycles. The van der Waals surface area contributed by atoms with Gasteiger partial charge < -0.3 is 5.11 Å². The average Bonchev–Trinajstić information content (AvgIpc) is 2.92. The number of ketones is 1. The Morgan fingerprint density at radius 3 is 1.84 bits per heavy atom. The van der Waals surface area contributed by atoms with Crippen molar-refractivity contribution in [1.29, 1.82) is 0 Å². The monoisotopic (exact) mass is 510 g/mol. The Labute approximate surface area is 182 Å². The van der Waals surface area contributed by atoms with Crippen molar-refractivity contribution >= 4 is 5.78 Å². The maximum Gasteiger partial charge on any atom is 0.422 e. The average molecular weight is 510 g/mol. The van der Waals surface area contributed by atoms with Crippen molar-refractivity contribution in [3.8, 4) is 11.6 Å². The number of alkyl halides is 3. The Kier molecular flexibility index (Phi) is 6.67. The molecule has 0 atom stereocenters. The molecule has 15 heteroatoms. The summed E-state index contributed by atoms with van der Waals surface area (Å²) in [6.45, 7) is 0.962. The number of aromatic hydroxyl groups is 1. The van der Waals surface area contributed by atoms with Crippen LogP contribution in [-0.4, -0.2) is 25.7 Å². The van der Waals surface area contributed by atoms with Gasteiger partial charge in [0.15, 0.2) is 23.3 Å². The predicted molar refractivity (Wildman–Crippen MR) is 82.4 cm³/mol. The van der Waals surface area contributed by atoms with E-state index in [4.69, 9.17) is 0 Å². The third-order valence-electron chi connectivity index (χ3n) is 4.02. The molecule has 0 aliphatic rings. The molecule has 0 aliphatic heterocycles. The fourth-order valence-electron chi connectivity index (χ4n) is 2.73. The van der Waals surface area contributed by atoms with Gasteiger partial charge in [0.05, 0.1) is 5.69 Å². The molecule has 171 valence electrons. The molecule has 0 bridgehead atoms. The molecule has 0 aliphatic carbocycles. The number of benzene rings is 1. The van der Waals surface area contributed by atoms with Gasteiger partial charge in [-0.1, -0.05) is 0 Å². The van der Waals surface area contributed by atoms with Crippen LogP contribution in [0.2, 0.25) is 0 Å². The van der Waals surface area contributed by atoms with E-state index < -0.39 is 81.1 Å². The van der Waals surface area contributed by atoms with Gasteiger partial charge >= 0.3 is 6.18 Å². The second kappa shape index (κ2) is 8.47. The Morgan fingerprint density at radius 2 is 1.41 bits per heavy atom. The summed E-state index contributed by atoms with van der Waals surface area (Å²) < 4.78 is 121. The van der Waals surface area contributed by atoms with Crippen molar-refractivity contribution in [2.24, 2.45) is 0 Å². The number of carbonyl (C=O) groups excluding carboxylic acids is 1. The SMILES string of the molecule is Cc1nn(-c2c(F)c(F)c(C(F)(F)F)c(F)c2F)c(O)c1C(=O)c1cc(F)nc(F)c1.[Mn]. The number of nitrogens with zero attached hydrogens (tertiary/aromatic N) is 3. The van der Waals surface area contributed by atoms with E-state index in [0.29, 0.717) is 12.1 Å². The van der Waals surface area contributed by atoms with Crippen molar-refractivity contribution in [3.05, 3.63) is 69.7 Å². The molecule has 1 N–H and O–H groups in total. The van der Waals surface area contributed by atoms with Crippen molar-refractivity contribution in [1.82, 2.24) is 14.8 Å². The minimum Gasteiger partial charge on any atom is -0.493 e. The summed E-state index contributed by atoms with van der Waals surface area (Å²) in [4.78, 5) is 15.2. The van der Waals surface area contributed by atoms with Crippen LogP contribution in [0.25, 0.3) is 5.69 Å². The number of hydrogen-bond donors (Lipinski definition) is 1. The first-order chi connectivity index (χ1) is 14.3. The summed E-state index contributed by atoms with van der Waals surface area (Å²) in [6, 6.07) is 0.889. The van der Waals surface area contributed by atoms with Crippen LogP contribution < -0.4 is 0 Å². The number of pyridine rings is 1. The minimum atomic E-state index is -5.80. The van der Waals surface area contributed by atoms with E-state index in [1.54, 1.807) is 0 Å². The zero-order chi connectivity index (χ0) is 23.4. The van der Waals surface area contributed by atoms with Crippen LogP contribution in [0.1, 0.15) is 27.2 Å². The second-order valence-corrected chi connectivity index (χ2v) is 6.00. The molecule has 2 aromatic heterocycles. The Bertz CT molecular complexity index is 1190. The van der Waals surface area contributed by atoms with Gasteiger partial charge in [-0.3, -0.25) is 4.79 Å². The van der Waals surface area contributed by atoms with E-state index in [9.17, 15) is 49.4 Å². The summed E-state index contributed by atoms with van der Waals surface area (Å²) in [5.74, 6) is -16.4. The van der Waals surface area contributed by atoms with E-state index in [1.165, 1.54) is 0 Å². The van der Waals surface area contributed by atoms with Gasteiger partial charge in [0, 0.05) is 34.8 Å². The van der Waals surface area contributed by atoms with Gasteiger partial charge in [0.2, 0.25) is 23.6 Å². The molecule has 0 saturated heterocycles. The van der Waals surface area contributed by atoms with Crippen LogP contribution in [0.3, 0.4) is 0 Å². The Balaban J connectivity index is 0.00000363. The van der Waals surface area contributed by atoms with E-state index >= 15 is 0 Å². The summed E-state index contributed by atoms with van der Waals surface area (Å²) >= 11 is 0. The Morgan fingerprint density at radius 1 is 0.938 bits per heavy atom. The second-order valence-electron chi connectivity index (χ2n) is 6.00. The summed E-state index contributed by atoms with van der Waals surface area (Å²) in [7, 11) is 0. The molecule has 5 nitrogen and oxygen atoms in total. The molecular weight excluding hydrogens is 504 g/mol. The van der Waals surface area contributed by atoms with Crippen molar-refractivity contribution in [3.63, 3.8) is 0 Å². The number of carbonyl (C=O) groups is 1. The third kappa shape index (κ3) is 4.05. The van der Waals surface area contributed by atoms with Gasteiger partial charge in [-0.15, -0.1) is 0 Å². The number of aryl methyl sites for hydroxylation is 1. The third-order valence-corrected chi connectivity index (χ3v) is 4.02. The molecule has 1 radical (unpaired) electrons. The molecule has 3 rings (SSSR count). The molecule has 0 unspecified atom stereocenters. The van der Waals surface area contributed by atoms with Gasteiger partial charge in [0.1, 0.15) is 16.8 Å². The molecule has 3 aromatic rings. The van der Waals surface area contributed by atoms with Crippen molar-refractivity contribution < 1.29 is 66.5 Å². The molecule has 1 aromatic carbocycles. The maximum atomic E-state index is 14.2. The smallest absolute Gasteiger partial charge is 0.422 e. The zero-order valence-corrected chi connectivity index (χ0v) is 16.3. The Hall–Kier alpha value is -3.06. The number of halogens is 9. The fraction of sp³-hybridized carbons (Fsp3) is 0.118. The van der Waals surface area contributed by atoms with Crippen LogP contribution in [0.4, 0.5) is 39.5 Å². The number of hydrogen-bond acceptors (Lipinski definition) is 4. The largest absolute Gasteiger partial charge is 0.493 e. The van der Waals surface area contributed by atoms with Crippen LogP contribution >= 0.6 is 0 Å². The van der Waals surface area contributed by atoms with Gasteiger partial charge in [-0.25, -0.2) is 17.6 Å². The quantitative estimate of drug-likeness (QED) is 0.187. The van der Waals surface area contributed by atoms with E-state index in [-0.39, 0.29) is 21.8 Å². The number of rotatable bonds is 3. The van der Waals surface area contributed by atoms with E-state index in [1.807, 2.05) is 0 Å². The van der Waals surface area contributed by atoms with E-state index in [2.05, 4.69) is 10.1 Å². The molecule has 2 heterocycles. The molecular formula is C17H6F9MnN3O2. The first kappa shape index (κ1) is 25.2. The van der Waals surface area contributed by atoms with Crippen molar-refractivity contribution in [2.45, 2.75) is 13.1 Å². The molecule has 32 heavy (non-hydrogen) atoms. The van der Waals surface area contributed by atoms with Gasteiger partial charge in [-0.05, 0) is 6.92 Å². The molecule has 0 fully saturated rings. The summed E-state index contributed by atoms with van der Waals surface area (Å²) in [5.41, 5.74) is -6.92. The topological polar surface area (TPSA) is 68.0 Å². The summed E-state index contributed by atoms with van der Waals surface area (Å²) in [5, 5.41) is 13.5. The first-order valence-electron chi connectivity index (χ1n) is 7.85. The van der Waals surface area contributed by atoms with Crippen LogP contribution in [0.5, 0.6) is 5.88 Å². The van der Waals surface area contributed by atoms with Crippen LogP contribution in [0, 0.1) is 42.1 Å². The zero-order valence-electron chi connectivity index (χ0n) is 15.1.